The van der Waals surface area contributed by atoms with Gasteiger partial charge in [-0.3, -0.25) is 4.79 Å². The van der Waals surface area contributed by atoms with E-state index in [4.69, 9.17) is 4.74 Å². The maximum atomic E-state index is 12.0. The molecular weight excluding hydrogens is 210 g/mol. The fourth-order valence-corrected chi connectivity index (χ4v) is 1.63. The number of ether oxygens (including phenoxy) is 1. The van der Waals surface area contributed by atoms with Gasteiger partial charge in [-0.25, -0.2) is 0 Å². The second-order valence-electron chi connectivity index (χ2n) is 3.61. The van der Waals surface area contributed by atoms with E-state index in [0.29, 0.717) is 26.3 Å². The number of morpholine rings is 1. The molecule has 5 heteroatoms. The Kier molecular flexibility index (Phi) is 2.96. The third kappa shape index (κ3) is 2.09. The zero-order chi connectivity index (χ0) is 11.5. The lowest BCUT2D eigenvalue weighted by molar-refractivity contribution is 0.0301. The third-order valence-corrected chi connectivity index (χ3v) is 2.51. The van der Waals surface area contributed by atoms with Crippen molar-refractivity contribution in [2.45, 2.75) is 0 Å². The molecule has 2 N–H and O–H groups in total. The van der Waals surface area contributed by atoms with Crippen LogP contribution < -0.4 is 0 Å². The summed E-state index contributed by atoms with van der Waals surface area (Å²) < 4.78 is 5.13. The fraction of sp³-hybridized carbons (Fsp3) is 0.364. The minimum atomic E-state index is -0.281. The lowest BCUT2D eigenvalue weighted by atomic mass is 10.1. The highest BCUT2D eigenvalue weighted by Gasteiger charge is 2.21. The van der Waals surface area contributed by atoms with Crippen LogP contribution in [0.2, 0.25) is 0 Å². The maximum absolute atomic E-state index is 12.0. The van der Waals surface area contributed by atoms with Crippen molar-refractivity contribution in [1.29, 1.82) is 0 Å². The number of benzene rings is 1. The number of carbonyl (C=O) groups is 1. The fourth-order valence-electron chi connectivity index (χ4n) is 1.63. The van der Waals surface area contributed by atoms with Crippen LogP contribution in [0.4, 0.5) is 0 Å². The van der Waals surface area contributed by atoms with E-state index in [-0.39, 0.29) is 23.0 Å². The summed E-state index contributed by atoms with van der Waals surface area (Å²) in [6, 6.07) is 3.92. The number of rotatable bonds is 1. The number of carbonyl (C=O) groups excluding carboxylic acids is 1. The van der Waals surface area contributed by atoms with E-state index in [1.807, 2.05) is 0 Å². The summed E-state index contributed by atoms with van der Waals surface area (Å²) in [6.45, 7) is 2.03. The Balaban J connectivity index is 2.22. The molecule has 2 rings (SSSR count). The largest absolute Gasteiger partial charge is 0.508 e. The van der Waals surface area contributed by atoms with Crippen molar-refractivity contribution in [2.75, 3.05) is 26.3 Å². The van der Waals surface area contributed by atoms with E-state index >= 15 is 0 Å². The summed E-state index contributed by atoms with van der Waals surface area (Å²) in [5, 5.41) is 18.8. The second kappa shape index (κ2) is 4.40. The van der Waals surface area contributed by atoms with E-state index in [1.54, 1.807) is 4.90 Å². The molecular formula is C11H13NO4. The van der Waals surface area contributed by atoms with Gasteiger partial charge in [-0.15, -0.1) is 0 Å². The first-order valence-corrected chi connectivity index (χ1v) is 5.07. The van der Waals surface area contributed by atoms with Gasteiger partial charge in [-0.1, -0.05) is 0 Å². The van der Waals surface area contributed by atoms with E-state index in [9.17, 15) is 15.0 Å². The van der Waals surface area contributed by atoms with Crippen LogP contribution >= 0.6 is 0 Å². The van der Waals surface area contributed by atoms with E-state index in [1.165, 1.54) is 18.2 Å². The van der Waals surface area contributed by atoms with Gasteiger partial charge in [-0.2, -0.15) is 0 Å². The Bertz CT molecular complexity index is 399. The highest BCUT2D eigenvalue weighted by atomic mass is 16.5. The normalized spacial score (nSPS) is 16.1. The van der Waals surface area contributed by atoms with Gasteiger partial charge in [0.25, 0.3) is 5.91 Å². The van der Waals surface area contributed by atoms with Crippen molar-refractivity contribution in [1.82, 2.24) is 4.90 Å². The summed E-state index contributed by atoms with van der Waals surface area (Å²) in [5.41, 5.74) is 0.127. The van der Waals surface area contributed by atoms with Crippen molar-refractivity contribution in [3.63, 3.8) is 0 Å². The Morgan fingerprint density at radius 3 is 2.62 bits per heavy atom. The van der Waals surface area contributed by atoms with Crippen molar-refractivity contribution in [3.8, 4) is 11.5 Å². The number of amides is 1. The predicted molar refractivity (Wildman–Crippen MR) is 56.5 cm³/mol. The molecule has 0 saturated carbocycles. The zero-order valence-corrected chi connectivity index (χ0v) is 8.72. The van der Waals surface area contributed by atoms with E-state index in [0.717, 1.165) is 0 Å². The second-order valence-corrected chi connectivity index (χ2v) is 3.61. The van der Waals surface area contributed by atoms with Crippen LogP contribution in [0.5, 0.6) is 11.5 Å². The number of hydrogen-bond donors (Lipinski definition) is 2. The molecule has 5 nitrogen and oxygen atoms in total. The summed E-state index contributed by atoms with van der Waals surface area (Å²) in [4.78, 5) is 13.6. The molecule has 1 amide bonds. The lowest BCUT2D eigenvalue weighted by Crippen LogP contribution is -2.40. The molecule has 16 heavy (non-hydrogen) atoms. The van der Waals surface area contributed by atoms with Gasteiger partial charge in [0.2, 0.25) is 0 Å². The minimum Gasteiger partial charge on any atom is -0.508 e. The molecule has 86 valence electrons. The molecule has 0 spiro atoms. The maximum Gasteiger partial charge on any atom is 0.257 e. The number of nitrogens with zero attached hydrogens (tertiary/aromatic N) is 1. The Labute approximate surface area is 92.9 Å². The lowest BCUT2D eigenvalue weighted by Gasteiger charge is -2.27. The van der Waals surface area contributed by atoms with Crippen molar-refractivity contribution in [3.05, 3.63) is 23.8 Å². The van der Waals surface area contributed by atoms with Gasteiger partial charge in [0.1, 0.15) is 11.5 Å². The molecule has 0 atom stereocenters. The van der Waals surface area contributed by atoms with Gasteiger partial charge in [0, 0.05) is 13.1 Å². The molecule has 0 bridgehead atoms. The Hall–Kier alpha value is -1.75. The van der Waals surface area contributed by atoms with Crippen molar-refractivity contribution >= 4 is 5.91 Å². The first kappa shape index (κ1) is 10.8. The van der Waals surface area contributed by atoms with Crippen molar-refractivity contribution in [2.24, 2.45) is 0 Å². The number of phenolic OH excluding ortho intramolecular Hbond substituents is 2. The third-order valence-electron chi connectivity index (χ3n) is 2.51. The Morgan fingerprint density at radius 1 is 1.25 bits per heavy atom. The number of aromatic hydroxyl groups is 2. The first-order valence-electron chi connectivity index (χ1n) is 5.07. The molecule has 0 aromatic heterocycles. The van der Waals surface area contributed by atoms with Gasteiger partial charge in [0.15, 0.2) is 0 Å². The highest BCUT2D eigenvalue weighted by Crippen LogP contribution is 2.23. The standard InChI is InChI=1S/C11H13NO4/c13-8-1-2-10(14)9(7-8)11(15)12-3-5-16-6-4-12/h1-2,7,13-14H,3-6H2. The first-order chi connectivity index (χ1) is 7.68. The van der Waals surface area contributed by atoms with Crippen LogP contribution in [0.15, 0.2) is 18.2 Å². The molecule has 1 aliphatic heterocycles. The van der Waals surface area contributed by atoms with Crippen LogP contribution in [0, 0.1) is 0 Å². The number of phenols is 2. The van der Waals surface area contributed by atoms with E-state index < -0.39 is 0 Å². The van der Waals surface area contributed by atoms with Gasteiger partial charge in [0.05, 0.1) is 18.8 Å². The SMILES string of the molecule is O=C(c1cc(O)ccc1O)N1CCOCC1. The number of hydrogen-bond acceptors (Lipinski definition) is 4. The molecule has 0 unspecified atom stereocenters. The predicted octanol–water partition coefficient (Wildman–Crippen LogP) is 0.570. The quantitative estimate of drug-likeness (QED) is 0.683. The molecule has 0 aliphatic carbocycles. The summed E-state index contributed by atoms with van der Waals surface area (Å²) in [7, 11) is 0. The van der Waals surface area contributed by atoms with Crippen molar-refractivity contribution < 1.29 is 19.7 Å². The molecule has 0 radical (unpaired) electrons. The van der Waals surface area contributed by atoms with Gasteiger partial charge >= 0.3 is 0 Å². The topological polar surface area (TPSA) is 70.0 Å². The molecule has 1 heterocycles. The summed E-state index contributed by atoms with van der Waals surface area (Å²) >= 11 is 0. The molecule has 1 fully saturated rings. The van der Waals surface area contributed by atoms with Crippen LogP contribution in [0.1, 0.15) is 10.4 Å². The molecule has 1 saturated heterocycles. The van der Waals surface area contributed by atoms with E-state index in [2.05, 4.69) is 0 Å². The monoisotopic (exact) mass is 223 g/mol. The average Bonchev–Trinajstić information content (AvgIpc) is 2.32. The molecule has 1 aromatic carbocycles. The van der Waals surface area contributed by atoms with Crippen LogP contribution in [-0.4, -0.2) is 47.3 Å². The molecule has 1 aromatic rings. The Morgan fingerprint density at radius 2 is 1.94 bits per heavy atom. The van der Waals surface area contributed by atoms with Gasteiger partial charge in [-0.05, 0) is 18.2 Å². The minimum absolute atomic E-state index is 0.0330. The van der Waals surface area contributed by atoms with Gasteiger partial charge < -0.3 is 19.8 Å². The summed E-state index contributed by atoms with van der Waals surface area (Å²) in [6.07, 6.45) is 0. The zero-order valence-electron chi connectivity index (χ0n) is 8.72. The average molecular weight is 223 g/mol. The van der Waals surface area contributed by atoms with Crippen LogP contribution in [-0.2, 0) is 4.74 Å². The molecule has 1 aliphatic rings. The smallest absolute Gasteiger partial charge is 0.257 e. The van der Waals surface area contributed by atoms with Crippen LogP contribution in [0.3, 0.4) is 0 Å². The summed E-state index contributed by atoms with van der Waals surface area (Å²) in [5.74, 6) is -0.430. The highest BCUT2D eigenvalue weighted by molar-refractivity contribution is 5.97. The van der Waals surface area contributed by atoms with Crippen LogP contribution in [0.25, 0.3) is 0 Å².